The predicted octanol–water partition coefficient (Wildman–Crippen LogP) is 1.00. The van der Waals surface area contributed by atoms with Crippen LogP contribution in [-0.2, 0) is 7.05 Å². The number of nitrogens with two attached hydrogens (primary N) is 1. The van der Waals surface area contributed by atoms with Crippen LogP contribution in [0.5, 0.6) is 0 Å². The normalized spacial score (nSPS) is 12.7. The summed E-state index contributed by atoms with van der Waals surface area (Å²) in [6, 6.07) is 4.00. The van der Waals surface area contributed by atoms with Gasteiger partial charge in [0.2, 0.25) is 0 Å². The SMILES string of the molecule is Cn1ccc(C(N)c2ncccc2F)n1. The van der Waals surface area contributed by atoms with Gasteiger partial charge in [0.15, 0.2) is 0 Å². The Hall–Kier alpha value is -1.75. The molecule has 0 aliphatic carbocycles. The van der Waals surface area contributed by atoms with Crippen molar-refractivity contribution in [2.24, 2.45) is 12.8 Å². The quantitative estimate of drug-likeness (QED) is 0.797. The number of pyridine rings is 1. The van der Waals surface area contributed by atoms with E-state index in [1.54, 1.807) is 24.0 Å². The molecule has 0 aliphatic heterocycles. The van der Waals surface area contributed by atoms with E-state index in [9.17, 15) is 4.39 Å². The number of hydrogen-bond acceptors (Lipinski definition) is 3. The van der Waals surface area contributed by atoms with E-state index in [2.05, 4.69) is 10.1 Å². The minimum absolute atomic E-state index is 0.219. The Morgan fingerprint density at radius 1 is 1.47 bits per heavy atom. The number of aryl methyl sites for hydroxylation is 1. The van der Waals surface area contributed by atoms with Crippen molar-refractivity contribution in [3.05, 3.63) is 47.8 Å². The molecule has 1 unspecified atom stereocenters. The first-order valence-corrected chi connectivity index (χ1v) is 4.54. The summed E-state index contributed by atoms with van der Waals surface area (Å²) in [7, 11) is 1.78. The fraction of sp³-hybridized carbons (Fsp3) is 0.200. The molecule has 0 saturated heterocycles. The lowest BCUT2D eigenvalue weighted by molar-refractivity contribution is 0.580. The Balaban J connectivity index is 2.36. The summed E-state index contributed by atoms with van der Waals surface area (Å²) in [6.07, 6.45) is 3.28. The third kappa shape index (κ3) is 1.87. The zero-order valence-corrected chi connectivity index (χ0v) is 8.26. The van der Waals surface area contributed by atoms with Gasteiger partial charge in [-0.3, -0.25) is 9.67 Å². The van der Waals surface area contributed by atoms with Crippen LogP contribution in [0.1, 0.15) is 17.4 Å². The van der Waals surface area contributed by atoms with Crippen molar-refractivity contribution in [3.8, 4) is 0 Å². The smallest absolute Gasteiger partial charge is 0.146 e. The minimum Gasteiger partial charge on any atom is -0.318 e. The van der Waals surface area contributed by atoms with E-state index in [0.29, 0.717) is 5.69 Å². The van der Waals surface area contributed by atoms with Gasteiger partial charge in [-0.2, -0.15) is 5.10 Å². The summed E-state index contributed by atoms with van der Waals surface area (Å²) in [5.74, 6) is -0.407. The van der Waals surface area contributed by atoms with Crippen molar-refractivity contribution >= 4 is 0 Å². The fourth-order valence-electron chi connectivity index (χ4n) is 1.37. The van der Waals surface area contributed by atoms with Gasteiger partial charge in [-0.05, 0) is 18.2 Å². The van der Waals surface area contributed by atoms with Crippen LogP contribution in [0.15, 0.2) is 30.6 Å². The zero-order valence-electron chi connectivity index (χ0n) is 8.26. The van der Waals surface area contributed by atoms with E-state index in [-0.39, 0.29) is 5.69 Å². The van der Waals surface area contributed by atoms with E-state index in [0.717, 1.165) is 0 Å². The number of hydrogen-bond donors (Lipinski definition) is 1. The van der Waals surface area contributed by atoms with Crippen molar-refractivity contribution in [2.75, 3.05) is 0 Å². The first-order valence-electron chi connectivity index (χ1n) is 4.54. The van der Waals surface area contributed by atoms with Gasteiger partial charge in [-0.15, -0.1) is 0 Å². The largest absolute Gasteiger partial charge is 0.318 e. The highest BCUT2D eigenvalue weighted by Gasteiger charge is 2.16. The van der Waals surface area contributed by atoms with Crippen molar-refractivity contribution in [3.63, 3.8) is 0 Å². The molecule has 15 heavy (non-hydrogen) atoms. The lowest BCUT2D eigenvalue weighted by Gasteiger charge is -2.08. The Kier molecular flexibility index (Phi) is 2.47. The molecule has 2 heterocycles. The van der Waals surface area contributed by atoms with Gasteiger partial charge >= 0.3 is 0 Å². The maximum absolute atomic E-state index is 13.4. The summed E-state index contributed by atoms with van der Waals surface area (Å²) in [5, 5.41) is 4.11. The van der Waals surface area contributed by atoms with Gasteiger partial charge in [0.05, 0.1) is 17.4 Å². The van der Waals surface area contributed by atoms with Crippen LogP contribution in [0.3, 0.4) is 0 Å². The highest BCUT2D eigenvalue weighted by molar-refractivity contribution is 5.21. The second-order valence-corrected chi connectivity index (χ2v) is 3.26. The van der Waals surface area contributed by atoms with Crippen molar-refractivity contribution in [2.45, 2.75) is 6.04 Å². The highest BCUT2D eigenvalue weighted by atomic mass is 19.1. The standard InChI is InChI=1S/C10H11FN4/c1-15-6-4-8(14-15)9(12)10-7(11)3-2-5-13-10/h2-6,9H,12H2,1H3. The summed E-state index contributed by atoms with van der Waals surface area (Å²) in [4.78, 5) is 3.91. The summed E-state index contributed by atoms with van der Waals surface area (Å²) in [5.41, 5.74) is 6.68. The number of halogens is 1. The molecule has 5 heteroatoms. The Labute approximate surface area is 86.6 Å². The second-order valence-electron chi connectivity index (χ2n) is 3.26. The predicted molar refractivity (Wildman–Crippen MR) is 53.4 cm³/mol. The maximum Gasteiger partial charge on any atom is 0.146 e. The molecule has 0 aromatic carbocycles. The molecule has 0 saturated carbocycles. The van der Waals surface area contributed by atoms with Gasteiger partial charge in [-0.25, -0.2) is 4.39 Å². The van der Waals surface area contributed by atoms with Gasteiger partial charge < -0.3 is 5.73 Å². The summed E-state index contributed by atoms with van der Waals surface area (Å²) in [6.45, 7) is 0. The third-order valence-corrected chi connectivity index (χ3v) is 2.13. The average Bonchev–Trinajstić information content (AvgIpc) is 2.65. The van der Waals surface area contributed by atoms with Crippen LogP contribution in [0.2, 0.25) is 0 Å². The van der Waals surface area contributed by atoms with Gasteiger partial charge in [-0.1, -0.05) is 0 Å². The molecular formula is C10H11FN4. The molecule has 0 bridgehead atoms. The molecule has 0 radical (unpaired) electrons. The van der Waals surface area contributed by atoms with Crippen molar-refractivity contribution < 1.29 is 4.39 Å². The van der Waals surface area contributed by atoms with Crippen LogP contribution in [-0.4, -0.2) is 14.8 Å². The van der Waals surface area contributed by atoms with Crippen LogP contribution < -0.4 is 5.73 Å². The lowest BCUT2D eigenvalue weighted by Crippen LogP contribution is -2.16. The monoisotopic (exact) mass is 206 g/mol. The second kappa shape index (κ2) is 3.78. The van der Waals surface area contributed by atoms with Crippen LogP contribution >= 0.6 is 0 Å². The van der Waals surface area contributed by atoms with E-state index in [4.69, 9.17) is 5.73 Å². The molecule has 0 aliphatic rings. The van der Waals surface area contributed by atoms with E-state index >= 15 is 0 Å². The zero-order chi connectivity index (χ0) is 10.8. The van der Waals surface area contributed by atoms with Gasteiger partial charge in [0, 0.05) is 19.4 Å². The number of aromatic nitrogens is 3. The first kappa shape index (κ1) is 9.79. The van der Waals surface area contributed by atoms with E-state index < -0.39 is 11.9 Å². The van der Waals surface area contributed by atoms with Gasteiger partial charge in [0.1, 0.15) is 5.82 Å². The molecule has 2 rings (SSSR count). The molecule has 2 aromatic rings. The van der Waals surface area contributed by atoms with Crippen molar-refractivity contribution in [1.29, 1.82) is 0 Å². The molecule has 4 nitrogen and oxygen atoms in total. The van der Waals surface area contributed by atoms with Crippen LogP contribution in [0.4, 0.5) is 4.39 Å². The van der Waals surface area contributed by atoms with E-state index in [1.165, 1.54) is 18.3 Å². The molecular weight excluding hydrogens is 195 g/mol. The summed E-state index contributed by atoms with van der Waals surface area (Å²) < 4.78 is 15.0. The molecule has 1 atom stereocenters. The van der Waals surface area contributed by atoms with Crippen molar-refractivity contribution in [1.82, 2.24) is 14.8 Å². The number of nitrogens with zero attached hydrogens (tertiary/aromatic N) is 3. The van der Waals surface area contributed by atoms with Crippen LogP contribution in [0.25, 0.3) is 0 Å². The van der Waals surface area contributed by atoms with E-state index in [1.807, 2.05) is 0 Å². The third-order valence-electron chi connectivity index (χ3n) is 2.13. The lowest BCUT2D eigenvalue weighted by atomic mass is 10.1. The molecule has 0 amide bonds. The van der Waals surface area contributed by atoms with Crippen LogP contribution in [0, 0.1) is 5.82 Å². The molecule has 0 spiro atoms. The fourth-order valence-corrected chi connectivity index (χ4v) is 1.37. The minimum atomic E-state index is -0.618. The maximum atomic E-state index is 13.4. The molecule has 2 N–H and O–H groups in total. The Morgan fingerprint density at radius 3 is 2.87 bits per heavy atom. The first-order chi connectivity index (χ1) is 7.18. The Morgan fingerprint density at radius 2 is 2.27 bits per heavy atom. The molecule has 2 aromatic heterocycles. The molecule has 78 valence electrons. The topological polar surface area (TPSA) is 56.7 Å². The number of rotatable bonds is 2. The average molecular weight is 206 g/mol. The van der Waals surface area contributed by atoms with Gasteiger partial charge in [0.25, 0.3) is 0 Å². The highest BCUT2D eigenvalue weighted by Crippen LogP contribution is 2.17. The molecule has 0 fully saturated rings. The summed E-state index contributed by atoms with van der Waals surface area (Å²) >= 11 is 0. The Bertz CT molecular complexity index is 466.